The Morgan fingerprint density at radius 1 is 1.32 bits per heavy atom. The Hall–Kier alpha value is -2.71. The number of alkyl halides is 2. The normalized spacial score (nSPS) is 14.9. The Morgan fingerprint density at radius 2 is 2.05 bits per heavy atom. The number of carbonyl (C=O) groups excluding carboxylic acids is 1. The van der Waals surface area contributed by atoms with Crippen LogP contribution in [0.15, 0.2) is 18.2 Å². The second-order valence-corrected chi connectivity index (χ2v) is 4.83. The molecule has 116 valence electrons. The highest BCUT2D eigenvalue weighted by Crippen LogP contribution is 2.41. The third kappa shape index (κ3) is 2.69. The highest BCUT2D eigenvalue weighted by molar-refractivity contribution is 5.85. The number of nitrogens with zero attached hydrogens (tertiary/aromatic N) is 3. The first kappa shape index (κ1) is 14.2. The molecule has 2 aromatic rings. The van der Waals surface area contributed by atoms with Crippen molar-refractivity contribution >= 4 is 5.91 Å². The maximum atomic E-state index is 12.9. The first-order valence-corrected chi connectivity index (χ1v) is 6.41. The standard InChI is InChI=1S/C13H12F2N4O3/c1-7-8(2)19(18-16-7)17-12(20)6-9-3-4-10-11(5-9)22-13(14,15)21-10/h3-5H,6H2,1-2H3,(H,17,20). The summed E-state index contributed by atoms with van der Waals surface area (Å²) < 4.78 is 34.5. The zero-order valence-electron chi connectivity index (χ0n) is 11.8. The van der Waals surface area contributed by atoms with Crippen molar-refractivity contribution in [3.8, 4) is 11.5 Å². The van der Waals surface area contributed by atoms with Crippen LogP contribution in [-0.4, -0.2) is 27.3 Å². The number of aryl methyl sites for hydroxylation is 1. The topological polar surface area (TPSA) is 78.3 Å². The van der Waals surface area contributed by atoms with Crippen LogP contribution in [0, 0.1) is 13.8 Å². The van der Waals surface area contributed by atoms with Gasteiger partial charge in [-0.15, -0.1) is 13.9 Å². The number of ether oxygens (including phenoxy) is 2. The number of benzene rings is 1. The largest absolute Gasteiger partial charge is 0.586 e. The van der Waals surface area contributed by atoms with E-state index in [2.05, 4.69) is 25.2 Å². The van der Waals surface area contributed by atoms with Crippen LogP contribution in [-0.2, 0) is 11.2 Å². The van der Waals surface area contributed by atoms with Crippen LogP contribution in [0.5, 0.6) is 11.5 Å². The minimum atomic E-state index is -3.67. The molecule has 1 N–H and O–H groups in total. The Bertz CT molecular complexity index is 745. The average molecular weight is 310 g/mol. The highest BCUT2D eigenvalue weighted by atomic mass is 19.3. The molecule has 0 aliphatic carbocycles. The Labute approximate surface area is 123 Å². The highest BCUT2D eigenvalue weighted by Gasteiger charge is 2.43. The lowest BCUT2D eigenvalue weighted by Crippen LogP contribution is -2.26. The minimum Gasteiger partial charge on any atom is -0.395 e. The number of fused-ring (bicyclic) bond motifs is 1. The molecule has 0 saturated heterocycles. The van der Waals surface area contributed by atoms with Crippen molar-refractivity contribution in [2.75, 3.05) is 5.43 Å². The number of amides is 1. The molecule has 0 atom stereocenters. The van der Waals surface area contributed by atoms with Crippen molar-refractivity contribution in [3.63, 3.8) is 0 Å². The molecular formula is C13H12F2N4O3. The van der Waals surface area contributed by atoms with E-state index in [0.29, 0.717) is 17.0 Å². The fourth-order valence-corrected chi connectivity index (χ4v) is 1.96. The molecule has 1 aromatic carbocycles. The van der Waals surface area contributed by atoms with Crippen molar-refractivity contribution in [1.29, 1.82) is 0 Å². The molecule has 1 aromatic heterocycles. The number of carbonyl (C=O) groups is 1. The summed E-state index contributed by atoms with van der Waals surface area (Å²) in [4.78, 5) is 13.2. The van der Waals surface area contributed by atoms with Crippen molar-refractivity contribution < 1.29 is 23.0 Å². The van der Waals surface area contributed by atoms with Crippen molar-refractivity contribution in [2.45, 2.75) is 26.6 Å². The van der Waals surface area contributed by atoms with Gasteiger partial charge in [0.25, 0.3) is 0 Å². The number of hydrogen-bond donors (Lipinski definition) is 1. The monoisotopic (exact) mass is 310 g/mol. The number of halogens is 2. The molecule has 9 heteroatoms. The van der Waals surface area contributed by atoms with Crippen LogP contribution < -0.4 is 14.9 Å². The number of aromatic nitrogens is 3. The van der Waals surface area contributed by atoms with Gasteiger partial charge >= 0.3 is 6.29 Å². The molecule has 0 fully saturated rings. The molecule has 7 nitrogen and oxygen atoms in total. The smallest absolute Gasteiger partial charge is 0.395 e. The van der Waals surface area contributed by atoms with E-state index in [1.165, 1.54) is 23.0 Å². The lowest BCUT2D eigenvalue weighted by Gasteiger charge is -2.06. The fourth-order valence-electron chi connectivity index (χ4n) is 1.96. The van der Waals surface area contributed by atoms with Gasteiger partial charge in [0.05, 0.1) is 17.8 Å². The quantitative estimate of drug-likeness (QED) is 0.930. The predicted molar refractivity (Wildman–Crippen MR) is 70.2 cm³/mol. The molecule has 22 heavy (non-hydrogen) atoms. The summed E-state index contributed by atoms with van der Waals surface area (Å²) in [5, 5.41) is 7.58. The SMILES string of the molecule is Cc1nnn(NC(=O)Cc2ccc3c(c2)OC(F)(F)O3)c1C. The van der Waals surface area contributed by atoms with E-state index in [0.717, 1.165) is 0 Å². The molecule has 1 aliphatic rings. The number of rotatable bonds is 3. The van der Waals surface area contributed by atoms with Crippen molar-refractivity contribution in [3.05, 3.63) is 35.2 Å². The van der Waals surface area contributed by atoms with Crippen LogP contribution in [0.3, 0.4) is 0 Å². The fraction of sp³-hybridized carbons (Fsp3) is 0.308. The summed E-state index contributed by atoms with van der Waals surface area (Å²) in [5.74, 6) is -0.515. The Kier molecular flexibility index (Phi) is 3.19. The summed E-state index contributed by atoms with van der Waals surface area (Å²) in [6.07, 6.45) is -3.70. The van der Waals surface area contributed by atoms with Crippen LogP contribution in [0.4, 0.5) is 8.78 Å². The van der Waals surface area contributed by atoms with Crippen LogP contribution >= 0.6 is 0 Å². The minimum absolute atomic E-state index is 0.0272. The molecule has 0 spiro atoms. The summed E-state index contributed by atoms with van der Waals surface area (Å²) in [5.41, 5.74) is 4.46. The second kappa shape index (κ2) is 4.93. The van der Waals surface area contributed by atoms with E-state index >= 15 is 0 Å². The van der Waals surface area contributed by atoms with Gasteiger partial charge in [-0.05, 0) is 36.8 Å². The molecule has 0 bridgehead atoms. The van der Waals surface area contributed by atoms with Gasteiger partial charge in [0, 0.05) is 0 Å². The van der Waals surface area contributed by atoms with Crippen LogP contribution in [0.1, 0.15) is 17.0 Å². The van der Waals surface area contributed by atoms with Crippen molar-refractivity contribution in [1.82, 2.24) is 15.1 Å². The van der Waals surface area contributed by atoms with Gasteiger partial charge in [0.1, 0.15) is 0 Å². The molecule has 3 rings (SSSR count). The van der Waals surface area contributed by atoms with Crippen molar-refractivity contribution in [2.24, 2.45) is 0 Å². The van der Waals surface area contributed by atoms with E-state index in [9.17, 15) is 13.6 Å². The summed E-state index contributed by atoms with van der Waals surface area (Å²) in [7, 11) is 0. The lowest BCUT2D eigenvalue weighted by atomic mass is 10.1. The summed E-state index contributed by atoms with van der Waals surface area (Å²) in [6, 6.07) is 4.20. The van der Waals surface area contributed by atoms with E-state index < -0.39 is 6.29 Å². The van der Waals surface area contributed by atoms with E-state index in [4.69, 9.17) is 0 Å². The molecule has 1 amide bonds. The molecule has 2 heterocycles. The maximum absolute atomic E-state index is 12.9. The first-order chi connectivity index (χ1) is 10.3. The van der Waals surface area contributed by atoms with Gasteiger partial charge < -0.3 is 9.47 Å². The van der Waals surface area contributed by atoms with Gasteiger partial charge in [0.15, 0.2) is 11.5 Å². The number of nitrogens with one attached hydrogen (secondary N) is 1. The zero-order chi connectivity index (χ0) is 15.9. The van der Waals surface area contributed by atoms with Gasteiger partial charge in [-0.25, -0.2) is 5.43 Å². The number of hydrogen-bond acceptors (Lipinski definition) is 5. The summed E-state index contributed by atoms with van der Waals surface area (Å²) >= 11 is 0. The van der Waals surface area contributed by atoms with Gasteiger partial charge in [0.2, 0.25) is 5.91 Å². The lowest BCUT2D eigenvalue weighted by molar-refractivity contribution is -0.286. The molecule has 0 saturated carbocycles. The average Bonchev–Trinajstić information content (AvgIpc) is 2.90. The van der Waals surface area contributed by atoms with Gasteiger partial charge in [-0.1, -0.05) is 6.07 Å². The predicted octanol–water partition coefficient (Wildman–Crippen LogP) is 1.53. The van der Waals surface area contributed by atoms with E-state index in [1.807, 2.05) is 0 Å². The first-order valence-electron chi connectivity index (χ1n) is 6.41. The third-order valence-corrected chi connectivity index (χ3v) is 3.19. The second-order valence-electron chi connectivity index (χ2n) is 4.83. The molecule has 0 radical (unpaired) electrons. The summed E-state index contributed by atoms with van der Waals surface area (Å²) in [6.45, 7) is 3.53. The Balaban J connectivity index is 1.69. The van der Waals surface area contributed by atoms with Crippen LogP contribution in [0.2, 0.25) is 0 Å². The molecule has 1 aliphatic heterocycles. The Morgan fingerprint density at radius 3 is 2.73 bits per heavy atom. The molecule has 0 unspecified atom stereocenters. The zero-order valence-corrected chi connectivity index (χ0v) is 11.8. The maximum Gasteiger partial charge on any atom is 0.586 e. The van der Waals surface area contributed by atoms with Crippen LogP contribution in [0.25, 0.3) is 0 Å². The third-order valence-electron chi connectivity index (χ3n) is 3.19. The van der Waals surface area contributed by atoms with E-state index in [1.54, 1.807) is 13.8 Å². The van der Waals surface area contributed by atoms with Gasteiger partial charge in [-0.3, -0.25) is 4.79 Å². The van der Waals surface area contributed by atoms with Gasteiger partial charge in [-0.2, -0.15) is 4.79 Å². The molecular weight excluding hydrogens is 298 g/mol. The van der Waals surface area contributed by atoms with E-state index in [-0.39, 0.29) is 23.8 Å².